The van der Waals surface area contributed by atoms with Crippen LogP contribution < -0.4 is 15.8 Å². The Balaban J connectivity index is 1.94. The van der Waals surface area contributed by atoms with Crippen LogP contribution in [-0.4, -0.2) is 42.6 Å². The van der Waals surface area contributed by atoms with Crippen LogP contribution in [0.2, 0.25) is 0 Å². The number of nitrogens with two attached hydrogens (primary N) is 1. The van der Waals surface area contributed by atoms with Crippen LogP contribution in [0.5, 0.6) is 5.75 Å². The zero-order valence-electron chi connectivity index (χ0n) is 14.3. The summed E-state index contributed by atoms with van der Waals surface area (Å²) in [5.41, 5.74) is 6.63. The Morgan fingerprint density at radius 2 is 2.00 bits per heavy atom. The Labute approximate surface area is 141 Å². The van der Waals surface area contributed by atoms with Gasteiger partial charge in [-0.1, -0.05) is 13.8 Å². The fraction of sp³-hybridized carbons (Fsp3) is 0.588. The van der Waals surface area contributed by atoms with Crippen molar-refractivity contribution < 1.29 is 18.3 Å². The van der Waals surface area contributed by atoms with Gasteiger partial charge < -0.3 is 15.8 Å². The number of hydrogen-bond donors (Lipinski definition) is 2. The number of anilines is 1. The molecule has 1 aromatic carbocycles. The van der Waals surface area contributed by atoms with Crippen LogP contribution in [-0.2, 0) is 4.79 Å². The first-order chi connectivity index (χ1) is 11.2. The first-order valence-corrected chi connectivity index (χ1v) is 8.04. The number of ether oxygens (including phenoxy) is 1. The molecule has 1 aromatic rings. The molecular weight excluding hydrogens is 316 g/mol. The Kier molecular flexibility index (Phi) is 5.77. The maximum absolute atomic E-state index is 12.4. The highest BCUT2D eigenvalue weighted by Crippen LogP contribution is 2.29. The average molecular weight is 341 g/mol. The van der Waals surface area contributed by atoms with Crippen molar-refractivity contribution in [2.24, 2.45) is 11.1 Å². The van der Waals surface area contributed by atoms with E-state index in [1.807, 2.05) is 6.92 Å². The quantitative estimate of drug-likeness (QED) is 0.864. The van der Waals surface area contributed by atoms with E-state index < -0.39 is 6.61 Å². The molecule has 1 heterocycles. The molecule has 2 unspecified atom stereocenters. The van der Waals surface area contributed by atoms with Crippen molar-refractivity contribution in [3.05, 3.63) is 24.3 Å². The molecule has 0 bridgehead atoms. The standard InChI is InChI=1S/C17H25F2N3O2/c1-11(22-9-8-14(20)17(2,3)10-22)15(23)21-12-4-6-13(7-5-12)24-16(18)19/h4-7,11,14,16H,8-10,20H2,1-3H3,(H,21,23). The number of carbonyl (C=O) groups excluding carboxylic acids is 1. The molecule has 24 heavy (non-hydrogen) atoms. The number of nitrogens with zero attached hydrogens (tertiary/aromatic N) is 1. The number of halogens is 2. The second-order valence-electron chi connectivity index (χ2n) is 6.92. The molecule has 0 saturated carbocycles. The number of alkyl halides is 2. The van der Waals surface area contributed by atoms with Crippen LogP contribution in [0.1, 0.15) is 27.2 Å². The van der Waals surface area contributed by atoms with Gasteiger partial charge in [0, 0.05) is 24.8 Å². The minimum atomic E-state index is -2.86. The maximum Gasteiger partial charge on any atom is 0.387 e. The van der Waals surface area contributed by atoms with Crippen LogP contribution in [0.25, 0.3) is 0 Å². The normalized spacial score (nSPS) is 22.2. The zero-order valence-corrected chi connectivity index (χ0v) is 14.3. The number of amides is 1. The van der Waals surface area contributed by atoms with E-state index in [0.717, 1.165) is 19.5 Å². The minimum absolute atomic E-state index is 0.0406. The van der Waals surface area contributed by atoms with E-state index in [-0.39, 0.29) is 29.2 Å². The molecule has 2 rings (SSSR count). The Morgan fingerprint density at radius 1 is 1.38 bits per heavy atom. The molecule has 1 amide bonds. The first kappa shape index (κ1) is 18.6. The molecule has 134 valence electrons. The predicted octanol–water partition coefficient (Wildman–Crippen LogP) is 2.67. The lowest BCUT2D eigenvalue weighted by Crippen LogP contribution is -2.56. The molecule has 0 aromatic heterocycles. The molecule has 7 heteroatoms. The maximum atomic E-state index is 12.4. The van der Waals surface area contributed by atoms with Crippen LogP contribution in [0.3, 0.4) is 0 Å². The van der Waals surface area contributed by atoms with Crippen molar-refractivity contribution in [2.45, 2.75) is 45.9 Å². The summed E-state index contributed by atoms with van der Waals surface area (Å²) in [6, 6.07) is 5.71. The molecule has 1 saturated heterocycles. The minimum Gasteiger partial charge on any atom is -0.435 e. The summed E-state index contributed by atoms with van der Waals surface area (Å²) in [5.74, 6) is -0.0772. The van der Waals surface area contributed by atoms with Gasteiger partial charge in [-0.3, -0.25) is 9.69 Å². The average Bonchev–Trinajstić information content (AvgIpc) is 2.50. The highest BCUT2D eigenvalue weighted by molar-refractivity contribution is 5.94. The van der Waals surface area contributed by atoms with E-state index >= 15 is 0 Å². The van der Waals surface area contributed by atoms with Crippen molar-refractivity contribution in [3.8, 4) is 5.75 Å². The summed E-state index contributed by atoms with van der Waals surface area (Å²) in [6.45, 7) is 4.74. The molecule has 2 atom stereocenters. The van der Waals surface area contributed by atoms with Crippen LogP contribution in [0.4, 0.5) is 14.5 Å². The SMILES string of the molecule is CC(C(=O)Nc1ccc(OC(F)F)cc1)N1CCC(N)C(C)(C)C1. The second kappa shape index (κ2) is 7.44. The van der Waals surface area contributed by atoms with Crippen molar-refractivity contribution in [3.63, 3.8) is 0 Å². The van der Waals surface area contributed by atoms with Gasteiger partial charge in [-0.15, -0.1) is 0 Å². The third kappa shape index (κ3) is 4.64. The van der Waals surface area contributed by atoms with E-state index in [2.05, 4.69) is 28.8 Å². The Hall–Kier alpha value is -1.73. The topological polar surface area (TPSA) is 67.6 Å². The van der Waals surface area contributed by atoms with E-state index in [9.17, 15) is 13.6 Å². The number of likely N-dealkylation sites (tertiary alicyclic amines) is 1. The molecule has 1 fully saturated rings. The Morgan fingerprint density at radius 3 is 2.54 bits per heavy atom. The molecule has 0 aliphatic carbocycles. The number of hydrogen-bond acceptors (Lipinski definition) is 4. The predicted molar refractivity (Wildman–Crippen MR) is 89.1 cm³/mol. The first-order valence-electron chi connectivity index (χ1n) is 8.04. The van der Waals surface area contributed by atoms with Crippen LogP contribution in [0.15, 0.2) is 24.3 Å². The van der Waals surface area contributed by atoms with Crippen molar-refractivity contribution >= 4 is 11.6 Å². The highest BCUT2D eigenvalue weighted by atomic mass is 19.3. The zero-order chi connectivity index (χ0) is 17.9. The third-order valence-corrected chi connectivity index (χ3v) is 4.62. The smallest absolute Gasteiger partial charge is 0.387 e. The lowest BCUT2D eigenvalue weighted by Gasteiger charge is -2.44. The molecule has 0 radical (unpaired) electrons. The van der Waals surface area contributed by atoms with Gasteiger partial charge in [-0.25, -0.2) is 0 Å². The van der Waals surface area contributed by atoms with Crippen LogP contribution in [0, 0.1) is 5.41 Å². The van der Waals surface area contributed by atoms with Crippen molar-refractivity contribution in [1.82, 2.24) is 4.90 Å². The summed E-state index contributed by atoms with van der Waals surface area (Å²) in [4.78, 5) is 14.5. The van der Waals surface area contributed by atoms with Crippen LogP contribution >= 0.6 is 0 Å². The lowest BCUT2D eigenvalue weighted by molar-refractivity contribution is -0.122. The second-order valence-corrected chi connectivity index (χ2v) is 6.92. The van der Waals surface area contributed by atoms with Gasteiger partial charge in [0.05, 0.1) is 6.04 Å². The molecule has 1 aliphatic heterocycles. The van der Waals surface area contributed by atoms with Crippen molar-refractivity contribution in [1.29, 1.82) is 0 Å². The van der Waals surface area contributed by atoms with Gasteiger partial charge in [0.15, 0.2) is 0 Å². The molecule has 3 N–H and O–H groups in total. The fourth-order valence-electron chi connectivity index (χ4n) is 2.88. The molecule has 5 nitrogen and oxygen atoms in total. The van der Waals surface area contributed by atoms with Gasteiger partial charge in [0.25, 0.3) is 0 Å². The summed E-state index contributed by atoms with van der Waals surface area (Å²) >= 11 is 0. The van der Waals surface area contributed by atoms with E-state index in [1.54, 1.807) is 12.1 Å². The van der Waals surface area contributed by atoms with Gasteiger partial charge in [0.2, 0.25) is 5.91 Å². The number of carbonyl (C=O) groups is 1. The number of piperidine rings is 1. The number of rotatable bonds is 5. The molecule has 1 aliphatic rings. The van der Waals surface area contributed by atoms with E-state index in [1.165, 1.54) is 12.1 Å². The van der Waals surface area contributed by atoms with E-state index in [4.69, 9.17) is 5.73 Å². The summed E-state index contributed by atoms with van der Waals surface area (Å²) in [5, 5.41) is 2.80. The summed E-state index contributed by atoms with van der Waals surface area (Å²) in [7, 11) is 0. The Bertz CT molecular complexity index is 563. The van der Waals surface area contributed by atoms with Gasteiger partial charge in [-0.05, 0) is 43.0 Å². The number of benzene rings is 1. The van der Waals surface area contributed by atoms with Gasteiger partial charge >= 0.3 is 6.61 Å². The fourth-order valence-corrected chi connectivity index (χ4v) is 2.88. The van der Waals surface area contributed by atoms with Crippen molar-refractivity contribution in [2.75, 3.05) is 18.4 Å². The third-order valence-electron chi connectivity index (χ3n) is 4.62. The lowest BCUT2D eigenvalue weighted by atomic mass is 9.79. The highest BCUT2D eigenvalue weighted by Gasteiger charge is 2.36. The molecule has 0 spiro atoms. The van der Waals surface area contributed by atoms with Gasteiger partial charge in [0.1, 0.15) is 5.75 Å². The monoisotopic (exact) mass is 341 g/mol. The van der Waals surface area contributed by atoms with E-state index in [0.29, 0.717) is 5.69 Å². The number of nitrogens with one attached hydrogen (secondary N) is 1. The largest absolute Gasteiger partial charge is 0.435 e. The molecular formula is C17H25F2N3O2. The summed E-state index contributed by atoms with van der Waals surface area (Å²) < 4.78 is 28.5. The van der Waals surface area contributed by atoms with Gasteiger partial charge in [-0.2, -0.15) is 8.78 Å². The summed E-state index contributed by atoms with van der Waals surface area (Å²) in [6.07, 6.45) is 0.851.